The first kappa shape index (κ1) is 31.6. The summed E-state index contributed by atoms with van der Waals surface area (Å²) in [5, 5.41) is 3.41. The highest BCUT2D eigenvalue weighted by Gasteiger charge is 2.44. The molecule has 2 heterocycles. The van der Waals surface area contributed by atoms with Crippen molar-refractivity contribution >= 4 is 35.3 Å². The van der Waals surface area contributed by atoms with Crippen LogP contribution < -0.4 is 11.4 Å². The molecule has 0 radical (unpaired) electrons. The summed E-state index contributed by atoms with van der Waals surface area (Å²) in [4.78, 5) is 67.8. The molecule has 3 unspecified atom stereocenters. The van der Waals surface area contributed by atoms with E-state index < -0.39 is 60.2 Å². The maximum Gasteiger partial charge on any atom is 0.490 e. The predicted molar refractivity (Wildman–Crippen MR) is 130 cm³/mol. The zero-order chi connectivity index (χ0) is 29.7. The first-order valence-electron chi connectivity index (χ1n) is 10.7. The first-order chi connectivity index (χ1) is 18.6. The number of ether oxygens (including phenoxy) is 2. The lowest BCUT2D eigenvalue weighted by atomic mass is 10.1. The molecule has 0 spiro atoms. The molecule has 1 aliphatic heterocycles. The number of phosphoric acid groups is 3. The summed E-state index contributed by atoms with van der Waals surface area (Å²) in [6.45, 7) is -1.15. The number of nitrogens with two attached hydrogens (primary N) is 1. The molecule has 23 heteroatoms. The second-order valence-corrected chi connectivity index (χ2v) is 12.2. The van der Waals surface area contributed by atoms with Gasteiger partial charge in [0.2, 0.25) is 0 Å². The number of phosphoric ester groups is 1. The fourth-order valence-corrected chi connectivity index (χ4v) is 6.46. The van der Waals surface area contributed by atoms with E-state index in [9.17, 15) is 33.1 Å². The molecule has 6 N–H and O–H groups in total. The largest absolute Gasteiger partial charge is 0.490 e. The smallest absolute Gasteiger partial charge is 0.456 e. The van der Waals surface area contributed by atoms with Crippen molar-refractivity contribution in [2.45, 2.75) is 31.4 Å². The van der Waals surface area contributed by atoms with Gasteiger partial charge in [-0.05, 0) is 23.2 Å². The molecule has 1 saturated heterocycles. The van der Waals surface area contributed by atoms with E-state index in [0.29, 0.717) is 5.56 Å². The van der Waals surface area contributed by atoms with Gasteiger partial charge in [-0.15, -0.1) is 0 Å². The molecule has 40 heavy (non-hydrogen) atoms. The highest BCUT2D eigenvalue weighted by molar-refractivity contribution is 7.66. The second-order valence-electron chi connectivity index (χ2n) is 7.78. The molecule has 5 atom stereocenters. The Kier molecular flexibility index (Phi) is 10.0. The maximum absolute atomic E-state index is 13.0. The predicted octanol–water partition coefficient (Wildman–Crippen LogP) is 1.49. The van der Waals surface area contributed by atoms with Gasteiger partial charge in [-0.3, -0.25) is 9.09 Å². The number of azide groups is 1. The summed E-state index contributed by atoms with van der Waals surface area (Å²) in [5.41, 5.74) is 13.5. The molecule has 20 nitrogen and oxygen atoms in total. The molecule has 0 bridgehead atoms. The summed E-state index contributed by atoms with van der Waals surface area (Å²) in [7, 11) is -16.9. The quantitative estimate of drug-likeness (QED) is 0.0732. The van der Waals surface area contributed by atoms with E-state index in [1.807, 2.05) is 0 Å². The highest BCUT2D eigenvalue weighted by atomic mass is 31.3. The summed E-state index contributed by atoms with van der Waals surface area (Å²) < 4.78 is 58.6. The number of nitrogen functional groups attached to an aromatic ring is 1. The fourth-order valence-electron chi connectivity index (χ4n) is 3.43. The molecular weight excluding hydrogens is 605 g/mol. The van der Waals surface area contributed by atoms with Gasteiger partial charge in [-0.1, -0.05) is 23.3 Å². The summed E-state index contributed by atoms with van der Waals surface area (Å²) in [6, 6.07) is 7.26. The number of hydrogen-bond acceptors (Lipinski definition) is 13. The third-order valence-electron chi connectivity index (χ3n) is 4.96. The van der Waals surface area contributed by atoms with E-state index in [-0.39, 0.29) is 24.3 Å². The lowest BCUT2D eigenvalue weighted by Gasteiger charge is -2.21. The normalized spacial score (nSPS) is 22.1. The lowest BCUT2D eigenvalue weighted by Crippen LogP contribution is -2.31. The summed E-state index contributed by atoms with van der Waals surface area (Å²) in [5.74, 6) is -1.02. The van der Waals surface area contributed by atoms with Crippen molar-refractivity contribution in [1.29, 1.82) is 0 Å². The monoisotopic (exact) mass is 626 g/mol. The number of carbonyl (C=O) groups is 1. The van der Waals surface area contributed by atoms with Gasteiger partial charge in [-0.2, -0.15) is 13.6 Å². The summed E-state index contributed by atoms with van der Waals surface area (Å²) in [6.07, 6.45) is -2.84. The maximum atomic E-state index is 13.0. The van der Waals surface area contributed by atoms with Crippen LogP contribution in [0.2, 0.25) is 0 Å². The Morgan fingerprint density at radius 1 is 1.18 bits per heavy atom. The number of nitrogens with zero attached hydrogens (tertiary/aromatic N) is 5. The van der Waals surface area contributed by atoms with Crippen LogP contribution in [0, 0.1) is 0 Å². The number of benzene rings is 1. The van der Waals surface area contributed by atoms with Crippen LogP contribution in [0.15, 0.2) is 46.4 Å². The van der Waals surface area contributed by atoms with E-state index in [2.05, 4.69) is 28.2 Å². The summed E-state index contributed by atoms with van der Waals surface area (Å²) >= 11 is 0. The van der Waals surface area contributed by atoms with E-state index in [4.69, 9.17) is 30.5 Å². The minimum Gasteiger partial charge on any atom is -0.456 e. The van der Waals surface area contributed by atoms with Gasteiger partial charge < -0.3 is 34.8 Å². The Morgan fingerprint density at radius 3 is 2.52 bits per heavy atom. The van der Waals surface area contributed by atoms with Crippen LogP contribution in [0.1, 0.15) is 28.6 Å². The van der Waals surface area contributed by atoms with Crippen molar-refractivity contribution in [2.75, 3.05) is 12.3 Å². The molecule has 1 aromatic heterocycles. The molecule has 3 rings (SSSR count). The number of aromatic nitrogens is 2. The topological polar surface area (TPSA) is 305 Å². The minimum absolute atomic E-state index is 0.0105. The number of carbonyl (C=O) groups excluding carboxylic acids is 1. The lowest BCUT2D eigenvalue weighted by molar-refractivity contribution is -0.0511. The van der Waals surface area contributed by atoms with Gasteiger partial charge in [0.1, 0.15) is 24.3 Å². The number of hydrogen-bond donors (Lipinski definition) is 5. The Hall–Kier alpha value is -2.95. The van der Waals surface area contributed by atoms with Crippen LogP contribution in [0.25, 0.3) is 10.4 Å². The van der Waals surface area contributed by atoms with Crippen molar-refractivity contribution in [3.05, 3.63) is 68.6 Å². The molecular formula is C17H21N6O14P3. The van der Waals surface area contributed by atoms with Crippen molar-refractivity contribution in [3.8, 4) is 0 Å². The molecule has 218 valence electrons. The molecule has 0 amide bonds. The minimum atomic E-state index is -5.79. The molecule has 1 aliphatic rings. The van der Waals surface area contributed by atoms with Crippen LogP contribution in [0.5, 0.6) is 0 Å². The van der Waals surface area contributed by atoms with E-state index in [1.54, 1.807) is 6.07 Å². The Bertz CT molecular complexity index is 1510. The zero-order valence-corrected chi connectivity index (χ0v) is 22.5. The third-order valence-corrected chi connectivity index (χ3v) is 8.76. The van der Waals surface area contributed by atoms with Gasteiger partial charge in [0.25, 0.3) is 0 Å². The SMILES string of the molecule is [N-]=[N+]=NCc1ccccc1C(=O)OC1C[C@H](n2ccc(N)nc2=O)O[C@@H]1COP(=O)(O)OP(=O)(O)OP(=O)(O)O. The zero-order valence-electron chi connectivity index (χ0n) is 19.8. The second kappa shape index (κ2) is 12.7. The van der Waals surface area contributed by atoms with Gasteiger partial charge in [0.05, 0.1) is 18.7 Å². The Labute approximate surface area is 223 Å². The van der Waals surface area contributed by atoms with Gasteiger partial charge in [0, 0.05) is 17.5 Å². The van der Waals surface area contributed by atoms with Crippen molar-refractivity contribution in [3.63, 3.8) is 0 Å². The van der Waals surface area contributed by atoms with Crippen LogP contribution in [-0.4, -0.2) is 53.9 Å². The van der Waals surface area contributed by atoms with Gasteiger partial charge >= 0.3 is 35.1 Å². The molecule has 1 aromatic carbocycles. The van der Waals surface area contributed by atoms with E-state index >= 15 is 0 Å². The molecule has 0 aliphatic carbocycles. The van der Waals surface area contributed by atoms with Crippen LogP contribution in [0.4, 0.5) is 5.82 Å². The molecule has 0 saturated carbocycles. The molecule has 1 fully saturated rings. The number of anilines is 1. The molecule has 2 aromatic rings. The Morgan fingerprint density at radius 2 is 1.88 bits per heavy atom. The van der Waals surface area contributed by atoms with Crippen LogP contribution in [-0.2, 0) is 42.9 Å². The van der Waals surface area contributed by atoms with Crippen molar-refractivity contribution < 1.29 is 60.7 Å². The Balaban J connectivity index is 1.82. The standard InChI is InChI=1S/C17H21N6O14P3/c18-14-5-6-23(17(25)21-14)15-7-12(35-16(24)11-4-2-1-3-10(11)8-20-22-19)13(34-15)9-33-39(29,30)37-40(31,32)36-38(26,27)28/h1-6,12-13,15H,7-9H2,(H,29,30)(H,31,32)(H2,18,21,25)(H2,26,27,28)/t12?,13-,15-/m1/s1. The highest BCUT2D eigenvalue weighted by Crippen LogP contribution is 2.66. The fraction of sp³-hybridized carbons (Fsp3) is 0.353. The third kappa shape index (κ3) is 9.04. The average Bonchev–Trinajstić information content (AvgIpc) is 3.21. The number of rotatable bonds is 12. The van der Waals surface area contributed by atoms with Gasteiger partial charge in [0.15, 0.2) is 0 Å². The van der Waals surface area contributed by atoms with Crippen LogP contribution >= 0.6 is 23.5 Å². The van der Waals surface area contributed by atoms with E-state index in [1.165, 1.54) is 30.5 Å². The average molecular weight is 626 g/mol. The van der Waals surface area contributed by atoms with Crippen molar-refractivity contribution in [1.82, 2.24) is 9.55 Å². The number of esters is 1. The first-order valence-corrected chi connectivity index (χ1v) is 15.2. The van der Waals surface area contributed by atoms with E-state index in [0.717, 1.165) is 4.57 Å². The van der Waals surface area contributed by atoms with Crippen molar-refractivity contribution in [2.24, 2.45) is 5.11 Å². The van der Waals surface area contributed by atoms with Gasteiger partial charge in [-0.25, -0.2) is 23.3 Å². The van der Waals surface area contributed by atoms with Crippen LogP contribution in [0.3, 0.4) is 0 Å².